The number of rotatable bonds is 6. The first kappa shape index (κ1) is 23.1. The number of benzene rings is 3. The maximum Gasteiger partial charge on any atom is 0.240 e. The summed E-state index contributed by atoms with van der Waals surface area (Å²) in [4.78, 5) is 0. The third-order valence-electron chi connectivity index (χ3n) is 5.71. The molecular formula is C28H27ClN2OSi. The summed E-state index contributed by atoms with van der Waals surface area (Å²) in [5, 5.41) is 12.8. The Labute approximate surface area is 202 Å². The van der Waals surface area contributed by atoms with Gasteiger partial charge in [-0.05, 0) is 45.6 Å². The third kappa shape index (κ3) is 4.96. The van der Waals surface area contributed by atoms with Gasteiger partial charge in [0.15, 0.2) is 0 Å². The lowest BCUT2D eigenvalue weighted by Gasteiger charge is -2.28. The van der Waals surface area contributed by atoms with Gasteiger partial charge in [0.2, 0.25) is 9.04 Å². The number of halogens is 1. The van der Waals surface area contributed by atoms with Crippen LogP contribution in [0.4, 0.5) is 0 Å². The Morgan fingerprint density at radius 1 is 0.879 bits per heavy atom. The van der Waals surface area contributed by atoms with Crippen LogP contribution in [-0.4, -0.2) is 13.6 Å². The SMILES string of the molecule is CC(C)(C)c1c(Cl)ccc(-n2cccc2C#N)c1CO[SiH](c1ccccc1)c1ccccc1. The topological polar surface area (TPSA) is 38.0 Å². The largest absolute Gasteiger partial charge is 0.407 e. The molecule has 0 bridgehead atoms. The van der Waals surface area contributed by atoms with Crippen molar-refractivity contribution < 1.29 is 4.43 Å². The summed E-state index contributed by atoms with van der Waals surface area (Å²) < 4.78 is 8.71. The Morgan fingerprint density at radius 3 is 2.03 bits per heavy atom. The monoisotopic (exact) mass is 470 g/mol. The molecular weight excluding hydrogens is 444 g/mol. The van der Waals surface area contributed by atoms with E-state index in [4.69, 9.17) is 16.0 Å². The minimum Gasteiger partial charge on any atom is -0.407 e. The van der Waals surface area contributed by atoms with Gasteiger partial charge in [0.1, 0.15) is 11.8 Å². The Balaban J connectivity index is 1.82. The lowest BCUT2D eigenvalue weighted by atomic mass is 9.83. The summed E-state index contributed by atoms with van der Waals surface area (Å²) in [5.41, 5.74) is 3.39. The molecule has 0 spiro atoms. The number of hydrogen-bond acceptors (Lipinski definition) is 2. The van der Waals surface area contributed by atoms with E-state index in [9.17, 15) is 5.26 Å². The molecule has 5 heteroatoms. The van der Waals surface area contributed by atoms with Gasteiger partial charge in [0.25, 0.3) is 0 Å². The van der Waals surface area contributed by atoms with Crippen molar-refractivity contribution in [1.82, 2.24) is 4.57 Å². The van der Waals surface area contributed by atoms with Crippen molar-refractivity contribution in [1.29, 1.82) is 5.26 Å². The summed E-state index contributed by atoms with van der Waals surface area (Å²) in [6.07, 6.45) is 1.92. The van der Waals surface area contributed by atoms with E-state index in [1.54, 1.807) is 0 Å². The average molecular weight is 471 g/mol. The van der Waals surface area contributed by atoms with E-state index in [1.807, 2.05) is 47.2 Å². The zero-order valence-electron chi connectivity index (χ0n) is 19.1. The Bertz CT molecular complexity index is 1230. The van der Waals surface area contributed by atoms with Crippen LogP contribution >= 0.6 is 11.6 Å². The molecule has 0 amide bonds. The van der Waals surface area contributed by atoms with Crippen LogP contribution in [-0.2, 0) is 16.4 Å². The highest BCUT2D eigenvalue weighted by Crippen LogP contribution is 2.36. The number of aromatic nitrogens is 1. The molecule has 0 aliphatic carbocycles. The van der Waals surface area contributed by atoms with Crippen molar-refractivity contribution in [3.05, 3.63) is 113 Å². The summed E-state index contributed by atoms with van der Waals surface area (Å²) in [6.45, 7) is 6.88. The second-order valence-corrected chi connectivity index (χ2v) is 11.9. The maximum absolute atomic E-state index is 9.64. The lowest BCUT2D eigenvalue weighted by molar-refractivity contribution is 0.317. The van der Waals surface area contributed by atoms with Crippen LogP contribution in [0.2, 0.25) is 5.02 Å². The Hall–Kier alpha value is -3.10. The van der Waals surface area contributed by atoms with Crippen LogP contribution in [0.1, 0.15) is 37.6 Å². The van der Waals surface area contributed by atoms with Gasteiger partial charge in [0, 0.05) is 16.8 Å². The maximum atomic E-state index is 9.64. The van der Waals surface area contributed by atoms with Crippen molar-refractivity contribution in [3.8, 4) is 11.8 Å². The van der Waals surface area contributed by atoms with E-state index in [0.29, 0.717) is 17.3 Å². The second kappa shape index (κ2) is 9.80. The molecule has 0 aliphatic heterocycles. The molecule has 166 valence electrons. The molecule has 3 aromatic carbocycles. The third-order valence-corrected chi connectivity index (χ3v) is 8.50. The van der Waals surface area contributed by atoms with Gasteiger partial charge in [-0.3, -0.25) is 0 Å². The van der Waals surface area contributed by atoms with Gasteiger partial charge >= 0.3 is 0 Å². The number of nitriles is 1. The molecule has 33 heavy (non-hydrogen) atoms. The van der Waals surface area contributed by atoms with Crippen molar-refractivity contribution in [3.63, 3.8) is 0 Å². The molecule has 4 aromatic rings. The predicted molar refractivity (Wildman–Crippen MR) is 138 cm³/mol. The van der Waals surface area contributed by atoms with Crippen LogP contribution < -0.4 is 10.4 Å². The quantitative estimate of drug-likeness (QED) is 0.356. The smallest absolute Gasteiger partial charge is 0.240 e. The van der Waals surface area contributed by atoms with Gasteiger partial charge in [-0.25, -0.2) is 0 Å². The van der Waals surface area contributed by atoms with Crippen LogP contribution in [0.25, 0.3) is 5.69 Å². The molecule has 4 rings (SSSR count). The number of nitrogens with zero attached hydrogens (tertiary/aromatic N) is 2. The van der Waals surface area contributed by atoms with Crippen LogP contribution in [0.3, 0.4) is 0 Å². The fourth-order valence-electron chi connectivity index (χ4n) is 4.28. The van der Waals surface area contributed by atoms with E-state index in [-0.39, 0.29) is 5.41 Å². The van der Waals surface area contributed by atoms with Crippen molar-refractivity contribution in [2.24, 2.45) is 0 Å². The zero-order chi connectivity index (χ0) is 23.4. The molecule has 0 fully saturated rings. The highest BCUT2D eigenvalue weighted by atomic mass is 35.5. The van der Waals surface area contributed by atoms with Crippen molar-refractivity contribution >= 4 is 31.0 Å². The van der Waals surface area contributed by atoms with E-state index in [1.165, 1.54) is 10.4 Å². The molecule has 0 radical (unpaired) electrons. The van der Waals surface area contributed by atoms with Gasteiger partial charge in [-0.2, -0.15) is 5.26 Å². The molecule has 0 saturated heterocycles. The number of hydrogen-bond donors (Lipinski definition) is 0. The van der Waals surface area contributed by atoms with Crippen LogP contribution in [0.15, 0.2) is 91.1 Å². The van der Waals surface area contributed by atoms with Crippen molar-refractivity contribution in [2.45, 2.75) is 32.8 Å². The minimum atomic E-state index is -1.95. The van der Waals surface area contributed by atoms with Crippen LogP contribution in [0, 0.1) is 11.3 Å². The lowest BCUT2D eigenvalue weighted by Crippen LogP contribution is -2.44. The normalized spacial score (nSPS) is 11.5. The zero-order valence-corrected chi connectivity index (χ0v) is 21.0. The summed E-state index contributed by atoms with van der Waals surface area (Å²) in [6, 6.07) is 30.8. The molecule has 0 unspecified atom stereocenters. The highest BCUT2D eigenvalue weighted by Gasteiger charge is 2.26. The highest BCUT2D eigenvalue weighted by molar-refractivity contribution is 6.80. The van der Waals surface area contributed by atoms with E-state index in [2.05, 4.69) is 75.4 Å². The molecule has 0 N–H and O–H groups in total. The summed E-state index contributed by atoms with van der Waals surface area (Å²) in [7, 11) is -1.95. The molecule has 0 aliphatic rings. The Morgan fingerprint density at radius 2 is 1.48 bits per heavy atom. The fraction of sp³-hybridized carbons (Fsp3) is 0.179. The average Bonchev–Trinajstić information content (AvgIpc) is 3.28. The fourth-order valence-corrected chi connectivity index (χ4v) is 6.99. The first-order chi connectivity index (χ1) is 15.9. The predicted octanol–water partition coefficient (Wildman–Crippen LogP) is 5.35. The van der Waals surface area contributed by atoms with Crippen molar-refractivity contribution in [2.75, 3.05) is 0 Å². The van der Waals surface area contributed by atoms with Gasteiger partial charge in [-0.1, -0.05) is 93.0 Å². The molecule has 3 nitrogen and oxygen atoms in total. The minimum absolute atomic E-state index is 0.192. The van der Waals surface area contributed by atoms with Gasteiger partial charge < -0.3 is 8.99 Å². The van der Waals surface area contributed by atoms with Gasteiger partial charge in [-0.15, -0.1) is 0 Å². The van der Waals surface area contributed by atoms with Gasteiger partial charge in [0.05, 0.1) is 12.3 Å². The molecule has 1 aromatic heterocycles. The molecule has 0 saturated carbocycles. The van der Waals surface area contributed by atoms with E-state index >= 15 is 0 Å². The Kier molecular flexibility index (Phi) is 6.85. The first-order valence-corrected chi connectivity index (χ1v) is 13.0. The molecule has 0 atom stereocenters. The van der Waals surface area contributed by atoms with Crippen LogP contribution in [0.5, 0.6) is 0 Å². The summed E-state index contributed by atoms with van der Waals surface area (Å²) >= 11 is 6.75. The molecule has 1 heterocycles. The standard InChI is InChI=1S/C28H27ClN2OSi/c1-28(2,3)27-24(26(17-16-25(27)29)31-18-10-11-21(31)19-30)20-32-33(22-12-6-4-7-13-22)23-14-8-5-9-15-23/h4-18,33H,20H2,1-3H3. The van der Waals surface area contributed by atoms with E-state index < -0.39 is 9.04 Å². The summed E-state index contributed by atoms with van der Waals surface area (Å²) in [5.74, 6) is 0. The second-order valence-electron chi connectivity index (χ2n) is 9.06. The first-order valence-electron chi connectivity index (χ1n) is 11.0. The van der Waals surface area contributed by atoms with E-state index in [0.717, 1.165) is 16.8 Å².